The van der Waals surface area contributed by atoms with E-state index in [9.17, 15) is 24.0 Å². The van der Waals surface area contributed by atoms with Crippen LogP contribution in [0.3, 0.4) is 0 Å². The number of benzene rings is 1. The molecule has 2 aliphatic heterocycles. The zero-order chi connectivity index (χ0) is 45.2. The van der Waals surface area contributed by atoms with Gasteiger partial charge in [-0.05, 0) is 37.3 Å². The fraction of sp³-hybridized carbons (Fsp3) is 0.750. The van der Waals surface area contributed by atoms with Crippen LogP contribution in [0.2, 0.25) is 0 Å². The minimum atomic E-state index is -1.07. The molecule has 2 heterocycles. The highest BCUT2D eigenvalue weighted by atomic mass is 16.6. The molecule has 19 heteroatoms. The number of nitrogens with one attached hydrogen (secondary N) is 2. The molecular weight excluding hydrogens is 826 g/mol. The number of unbranched alkanes of at least 4 members (excludes halogenated alkanes) is 2. The number of hydrogen-bond donors (Lipinski definition) is 2. The third-order valence-electron chi connectivity index (χ3n) is 9.75. The summed E-state index contributed by atoms with van der Waals surface area (Å²) in [6, 6.07) is 3.53. The van der Waals surface area contributed by atoms with E-state index in [0.717, 1.165) is 30.8 Å². The summed E-state index contributed by atoms with van der Waals surface area (Å²) in [4.78, 5) is 63.6. The highest BCUT2D eigenvalue weighted by Crippen LogP contribution is 2.32. The summed E-state index contributed by atoms with van der Waals surface area (Å²) in [5.41, 5.74) is 0.381. The molecule has 2 unspecified atom stereocenters. The molecule has 1 fully saturated rings. The molecule has 19 nitrogen and oxygen atoms in total. The van der Waals surface area contributed by atoms with Crippen LogP contribution in [-0.4, -0.2) is 186 Å². The Morgan fingerprint density at radius 1 is 0.619 bits per heavy atom. The molecule has 3 rings (SSSR count). The number of imide groups is 2. The molecule has 63 heavy (non-hydrogen) atoms. The molecule has 2 atom stereocenters. The monoisotopic (exact) mass is 897 g/mol. The van der Waals surface area contributed by atoms with E-state index >= 15 is 0 Å². The molecule has 1 saturated heterocycles. The molecule has 358 valence electrons. The maximum atomic E-state index is 13.2. The van der Waals surface area contributed by atoms with Crippen LogP contribution in [0.15, 0.2) is 18.2 Å². The molecule has 2 aliphatic rings. The van der Waals surface area contributed by atoms with Gasteiger partial charge in [0.05, 0.1) is 149 Å². The van der Waals surface area contributed by atoms with Gasteiger partial charge in [0.25, 0.3) is 11.8 Å². The summed E-state index contributed by atoms with van der Waals surface area (Å²) >= 11 is 0. The van der Waals surface area contributed by atoms with Gasteiger partial charge in [-0.25, -0.2) is 0 Å². The predicted molar refractivity (Wildman–Crippen MR) is 229 cm³/mol. The first kappa shape index (κ1) is 53.9. The second-order valence-corrected chi connectivity index (χ2v) is 14.7. The summed E-state index contributed by atoms with van der Waals surface area (Å²) in [7, 11) is 0. The molecule has 0 saturated carbocycles. The van der Waals surface area contributed by atoms with Gasteiger partial charge in [-0.2, -0.15) is 0 Å². The Morgan fingerprint density at radius 3 is 1.51 bits per heavy atom. The van der Waals surface area contributed by atoms with Crippen LogP contribution in [0.1, 0.15) is 79.5 Å². The van der Waals surface area contributed by atoms with E-state index < -0.39 is 29.7 Å². The topological polar surface area (TPSA) is 214 Å². The normalized spacial score (nSPS) is 15.6. The van der Waals surface area contributed by atoms with Crippen molar-refractivity contribution in [1.82, 2.24) is 10.2 Å². The SMILES string of the molecule is CCC(C)COCCOCCOCCOCCOCCOCCOCCOCCOCCOCCOCCCCCC(=O)Nc1cccc2c1C(=O)N(C1CCC(=O)NC1=O)C2=O. The summed E-state index contributed by atoms with van der Waals surface area (Å²) in [5, 5.41) is 4.91. The van der Waals surface area contributed by atoms with Crippen LogP contribution in [0.5, 0.6) is 0 Å². The van der Waals surface area contributed by atoms with E-state index in [4.69, 9.17) is 52.1 Å². The summed E-state index contributed by atoms with van der Waals surface area (Å²) in [6.45, 7) is 15.5. The van der Waals surface area contributed by atoms with Crippen molar-refractivity contribution in [2.75, 3.05) is 151 Å². The summed E-state index contributed by atoms with van der Waals surface area (Å²) in [5.74, 6) is -2.13. The van der Waals surface area contributed by atoms with E-state index in [1.165, 1.54) is 6.07 Å². The lowest BCUT2D eigenvalue weighted by Crippen LogP contribution is -2.54. The van der Waals surface area contributed by atoms with Gasteiger partial charge in [0.15, 0.2) is 0 Å². The molecule has 1 aromatic rings. The third kappa shape index (κ3) is 23.3. The Kier molecular flexibility index (Phi) is 29.8. The first-order valence-corrected chi connectivity index (χ1v) is 22.3. The van der Waals surface area contributed by atoms with Crippen LogP contribution < -0.4 is 10.6 Å². The first-order chi connectivity index (χ1) is 30.8. The van der Waals surface area contributed by atoms with E-state index in [0.29, 0.717) is 151 Å². The Labute approximate surface area is 371 Å². The lowest BCUT2D eigenvalue weighted by molar-refractivity contribution is -0.136. The van der Waals surface area contributed by atoms with Crippen molar-refractivity contribution in [3.8, 4) is 0 Å². The number of carbonyl (C=O) groups excluding carboxylic acids is 5. The number of amides is 5. The van der Waals surface area contributed by atoms with Crippen molar-refractivity contribution in [3.63, 3.8) is 0 Å². The molecular formula is C44H71N3O16. The fourth-order valence-electron chi connectivity index (χ4n) is 6.10. The molecule has 0 aliphatic carbocycles. The van der Waals surface area contributed by atoms with Crippen LogP contribution in [0, 0.1) is 5.92 Å². The van der Waals surface area contributed by atoms with Crippen molar-refractivity contribution in [2.24, 2.45) is 5.92 Å². The number of carbonyl (C=O) groups is 5. The zero-order valence-corrected chi connectivity index (χ0v) is 37.4. The second-order valence-electron chi connectivity index (χ2n) is 14.7. The second kappa shape index (κ2) is 34.9. The molecule has 1 aromatic carbocycles. The number of ether oxygens (including phenoxy) is 11. The highest BCUT2D eigenvalue weighted by Gasteiger charge is 2.45. The maximum absolute atomic E-state index is 13.2. The predicted octanol–water partition coefficient (Wildman–Crippen LogP) is 2.82. The van der Waals surface area contributed by atoms with Gasteiger partial charge in [-0.3, -0.25) is 34.2 Å². The smallest absolute Gasteiger partial charge is 0.264 e. The summed E-state index contributed by atoms with van der Waals surface area (Å²) < 4.78 is 60.6. The van der Waals surface area contributed by atoms with Gasteiger partial charge in [0.2, 0.25) is 17.7 Å². The van der Waals surface area contributed by atoms with Crippen molar-refractivity contribution in [3.05, 3.63) is 29.3 Å². The van der Waals surface area contributed by atoms with Crippen LogP contribution >= 0.6 is 0 Å². The van der Waals surface area contributed by atoms with Gasteiger partial charge in [0, 0.05) is 26.1 Å². The van der Waals surface area contributed by atoms with Crippen LogP contribution in [-0.2, 0) is 66.5 Å². The van der Waals surface area contributed by atoms with Crippen molar-refractivity contribution in [2.45, 2.75) is 64.8 Å². The molecule has 0 bridgehead atoms. The van der Waals surface area contributed by atoms with Crippen molar-refractivity contribution < 1.29 is 76.1 Å². The number of anilines is 1. The fourth-order valence-corrected chi connectivity index (χ4v) is 6.10. The van der Waals surface area contributed by atoms with Gasteiger partial charge in [-0.15, -0.1) is 0 Å². The van der Waals surface area contributed by atoms with E-state index in [1.807, 2.05) is 0 Å². The number of fused-ring (bicyclic) bond motifs is 1. The number of nitrogens with zero attached hydrogens (tertiary/aromatic N) is 1. The first-order valence-electron chi connectivity index (χ1n) is 22.3. The minimum Gasteiger partial charge on any atom is -0.379 e. The largest absolute Gasteiger partial charge is 0.379 e. The van der Waals surface area contributed by atoms with Gasteiger partial charge >= 0.3 is 0 Å². The average molecular weight is 898 g/mol. The van der Waals surface area contributed by atoms with Crippen molar-refractivity contribution in [1.29, 1.82) is 0 Å². The molecule has 5 amide bonds. The molecule has 0 aromatic heterocycles. The molecule has 0 spiro atoms. The molecule has 2 N–H and O–H groups in total. The quantitative estimate of drug-likeness (QED) is 0.0714. The van der Waals surface area contributed by atoms with Gasteiger partial charge in [-0.1, -0.05) is 32.8 Å². The maximum Gasteiger partial charge on any atom is 0.264 e. The Balaban J connectivity index is 0.985. The van der Waals surface area contributed by atoms with E-state index in [2.05, 4.69) is 24.5 Å². The lowest BCUT2D eigenvalue weighted by Gasteiger charge is -2.27. The van der Waals surface area contributed by atoms with Crippen LogP contribution in [0.25, 0.3) is 0 Å². The van der Waals surface area contributed by atoms with Gasteiger partial charge < -0.3 is 57.4 Å². The van der Waals surface area contributed by atoms with Crippen molar-refractivity contribution >= 4 is 35.2 Å². The molecule has 0 radical (unpaired) electrons. The lowest BCUT2D eigenvalue weighted by atomic mass is 10.0. The zero-order valence-electron chi connectivity index (χ0n) is 37.4. The van der Waals surface area contributed by atoms with Crippen LogP contribution in [0.4, 0.5) is 5.69 Å². The average Bonchev–Trinajstić information content (AvgIpc) is 3.53. The van der Waals surface area contributed by atoms with E-state index in [1.54, 1.807) is 12.1 Å². The summed E-state index contributed by atoms with van der Waals surface area (Å²) in [6.07, 6.45) is 3.57. The highest BCUT2D eigenvalue weighted by molar-refractivity contribution is 6.26. The van der Waals surface area contributed by atoms with Gasteiger partial charge in [0.1, 0.15) is 6.04 Å². The Morgan fingerprint density at radius 2 is 1.06 bits per heavy atom. The number of piperidine rings is 1. The Hall–Kier alpha value is -3.47. The minimum absolute atomic E-state index is 0.0277. The number of rotatable bonds is 41. The Bertz CT molecular complexity index is 1450. The third-order valence-corrected chi connectivity index (χ3v) is 9.75. The standard InChI is InChI=1S/C44H71N3O16/c1-3-35(2)34-63-33-32-62-31-30-61-29-28-60-27-26-59-25-24-58-23-22-57-21-20-56-19-18-55-17-16-54-15-14-53-13-6-4-5-10-39(48)45-37-9-7-8-36-41(37)44(52)47(43(36)51)38-11-12-40(49)46-42(38)50/h7-9,35,38H,3-6,10-34H2,1-2H3,(H,45,48)(H,46,49,50). The van der Waals surface area contributed by atoms with E-state index in [-0.39, 0.29) is 42.0 Å². The number of hydrogen-bond acceptors (Lipinski definition) is 16.